The molecule has 0 bridgehead atoms. The number of thioether (sulfide) groups is 1. The summed E-state index contributed by atoms with van der Waals surface area (Å²) in [6.07, 6.45) is 4.21. The second kappa shape index (κ2) is 7.67. The number of ether oxygens (including phenoxy) is 1. The highest BCUT2D eigenvalue weighted by atomic mass is 32.2. The van der Waals surface area contributed by atoms with E-state index >= 15 is 0 Å². The summed E-state index contributed by atoms with van der Waals surface area (Å²) < 4.78 is 5.16. The Kier molecular flexibility index (Phi) is 4.93. The number of para-hydroxylation sites is 1. The molecule has 2 heterocycles. The van der Waals surface area contributed by atoms with Crippen molar-refractivity contribution in [1.82, 2.24) is 10.3 Å². The first-order valence-electron chi connectivity index (χ1n) is 8.50. The van der Waals surface area contributed by atoms with Gasteiger partial charge in [0.1, 0.15) is 5.75 Å². The number of aromatic nitrogens is 1. The maximum Gasteiger partial charge on any atom is 0.239 e. The fourth-order valence-corrected chi connectivity index (χ4v) is 3.87. The summed E-state index contributed by atoms with van der Waals surface area (Å²) in [5, 5.41) is 12.5. The molecule has 136 valence electrons. The first-order valence-corrected chi connectivity index (χ1v) is 9.38. The van der Waals surface area contributed by atoms with Crippen LogP contribution in [0.25, 0.3) is 10.9 Å². The Hall–Kier alpha value is -3.06. The van der Waals surface area contributed by atoms with E-state index in [1.54, 1.807) is 13.3 Å². The Bertz CT molecular complexity index is 1020. The van der Waals surface area contributed by atoms with Crippen molar-refractivity contribution in [2.45, 2.75) is 11.7 Å². The van der Waals surface area contributed by atoms with Gasteiger partial charge >= 0.3 is 0 Å². The van der Waals surface area contributed by atoms with Gasteiger partial charge in [0.15, 0.2) is 5.17 Å². The molecule has 0 saturated carbocycles. The quantitative estimate of drug-likeness (QED) is 0.528. The van der Waals surface area contributed by atoms with E-state index in [-0.39, 0.29) is 11.2 Å². The molecule has 27 heavy (non-hydrogen) atoms. The van der Waals surface area contributed by atoms with Gasteiger partial charge in [-0.3, -0.25) is 4.79 Å². The van der Waals surface area contributed by atoms with Crippen LogP contribution < -0.4 is 10.1 Å². The number of methoxy groups -OCH3 is 1. The fraction of sp³-hybridized carbons (Fsp3) is 0.150. The highest BCUT2D eigenvalue weighted by Gasteiger charge is 2.30. The smallest absolute Gasteiger partial charge is 0.239 e. The van der Waals surface area contributed by atoms with E-state index < -0.39 is 0 Å². The lowest BCUT2D eigenvalue weighted by molar-refractivity contribution is -0.118. The molecule has 1 amide bonds. The van der Waals surface area contributed by atoms with Crippen LogP contribution in [0, 0.1) is 0 Å². The van der Waals surface area contributed by atoms with E-state index in [1.807, 2.05) is 54.7 Å². The normalized spacial score (nSPS) is 18.5. The molecular weight excluding hydrogens is 360 g/mol. The zero-order chi connectivity index (χ0) is 18.6. The monoisotopic (exact) mass is 378 g/mol. The third-order valence-corrected chi connectivity index (χ3v) is 5.40. The topological polar surface area (TPSA) is 78.8 Å². The minimum atomic E-state index is -0.208. The molecule has 0 unspecified atom stereocenters. The molecule has 2 N–H and O–H groups in total. The number of nitrogens with zero attached hydrogens (tertiary/aromatic N) is 2. The zero-order valence-corrected chi connectivity index (χ0v) is 15.5. The van der Waals surface area contributed by atoms with Gasteiger partial charge < -0.3 is 15.0 Å². The van der Waals surface area contributed by atoms with E-state index in [0.29, 0.717) is 11.6 Å². The molecule has 1 aromatic heterocycles. The number of benzene rings is 2. The van der Waals surface area contributed by atoms with Crippen molar-refractivity contribution in [3.8, 4) is 5.75 Å². The number of nitrogens with one attached hydrogen (secondary N) is 2. The lowest BCUT2D eigenvalue weighted by Gasteiger charge is -2.06. The number of hydrogen-bond donors (Lipinski definition) is 2. The minimum Gasteiger partial charge on any atom is -0.497 e. The maximum atomic E-state index is 12.2. The van der Waals surface area contributed by atoms with Crippen molar-refractivity contribution < 1.29 is 9.53 Å². The second-order valence-corrected chi connectivity index (χ2v) is 7.28. The third kappa shape index (κ3) is 3.88. The first-order chi connectivity index (χ1) is 13.2. The van der Waals surface area contributed by atoms with E-state index in [2.05, 4.69) is 20.5 Å². The predicted octanol–water partition coefficient (Wildman–Crippen LogP) is 3.34. The van der Waals surface area contributed by atoms with Crippen LogP contribution in [0.15, 0.2) is 64.9 Å². The van der Waals surface area contributed by atoms with Crippen molar-refractivity contribution in [2.24, 2.45) is 10.2 Å². The molecule has 1 saturated heterocycles. The van der Waals surface area contributed by atoms with Gasteiger partial charge in [-0.2, -0.15) is 5.10 Å². The molecule has 1 fully saturated rings. The van der Waals surface area contributed by atoms with E-state index in [1.165, 1.54) is 11.8 Å². The van der Waals surface area contributed by atoms with Crippen LogP contribution in [0.4, 0.5) is 0 Å². The number of H-pyrrole nitrogens is 1. The van der Waals surface area contributed by atoms with Gasteiger partial charge in [-0.15, -0.1) is 5.10 Å². The van der Waals surface area contributed by atoms with Crippen LogP contribution in [-0.2, 0) is 11.2 Å². The van der Waals surface area contributed by atoms with Crippen molar-refractivity contribution in [3.63, 3.8) is 0 Å². The maximum absolute atomic E-state index is 12.2. The molecule has 3 aromatic rings. The van der Waals surface area contributed by atoms with Gasteiger partial charge in [0.2, 0.25) is 5.91 Å². The van der Waals surface area contributed by atoms with E-state index in [9.17, 15) is 4.79 Å². The standard InChI is InChI=1S/C20H18N4O2S/c1-26-15-8-6-13(7-9-15)10-18-19(25)23-20(27-18)24-22-12-14-11-21-17-5-3-2-4-16(14)17/h2-9,11-12,18,21H,10H2,1H3,(H,23,24,25)/b22-12-/t18-/m1/s1. The van der Waals surface area contributed by atoms with Crippen molar-refractivity contribution in [2.75, 3.05) is 7.11 Å². The number of carbonyl (C=O) groups excluding carboxylic acids is 1. The summed E-state index contributed by atoms with van der Waals surface area (Å²) in [7, 11) is 1.63. The Morgan fingerprint density at radius 3 is 2.81 bits per heavy atom. The Labute approximate surface area is 160 Å². The lowest BCUT2D eigenvalue weighted by atomic mass is 10.1. The first kappa shape index (κ1) is 17.4. The van der Waals surface area contributed by atoms with E-state index in [0.717, 1.165) is 27.8 Å². The molecular formula is C20H18N4O2S. The summed E-state index contributed by atoms with van der Waals surface area (Å²) in [5.41, 5.74) is 3.08. The molecule has 0 aliphatic carbocycles. The highest BCUT2D eigenvalue weighted by Crippen LogP contribution is 2.24. The zero-order valence-electron chi connectivity index (χ0n) is 14.7. The average Bonchev–Trinajstić information content (AvgIpc) is 3.26. The largest absolute Gasteiger partial charge is 0.497 e. The number of aromatic amines is 1. The van der Waals surface area contributed by atoms with Crippen LogP contribution in [-0.4, -0.2) is 34.6 Å². The van der Waals surface area contributed by atoms with Gasteiger partial charge in [0.05, 0.1) is 18.6 Å². The summed E-state index contributed by atoms with van der Waals surface area (Å²) in [5.74, 6) is 0.757. The lowest BCUT2D eigenvalue weighted by Crippen LogP contribution is -2.25. The number of carbonyl (C=O) groups is 1. The molecule has 1 aliphatic rings. The molecule has 4 rings (SSSR count). The van der Waals surface area contributed by atoms with Crippen molar-refractivity contribution >= 4 is 40.0 Å². The van der Waals surface area contributed by atoms with Gasteiger partial charge in [0.25, 0.3) is 0 Å². The Balaban J connectivity index is 1.42. The molecule has 7 heteroatoms. The van der Waals surface area contributed by atoms with Gasteiger partial charge in [0, 0.05) is 22.7 Å². The molecule has 0 radical (unpaired) electrons. The number of amidine groups is 1. The Morgan fingerprint density at radius 1 is 1.19 bits per heavy atom. The van der Waals surface area contributed by atoms with Gasteiger partial charge in [-0.1, -0.05) is 42.1 Å². The summed E-state index contributed by atoms with van der Waals surface area (Å²) in [6.45, 7) is 0. The van der Waals surface area contributed by atoms with E-state index in [4.69, 9.17) is 4.74 Å². The second-order valence-electron chi connectivity index (χ2n) is 6.09. The number of fused-ring (bicyclic) bond motifs is 1. The van der Waals surface area contributed by atoms with Crippen LogP contribution in [0.3, 0.4) is 0 Å². The predicted molar refractivity (Wildman–Crippen MR) is 110 cm³/mol. The number of rotatable bonds is 5. The fourth-order valence-electron chi connectivity index (χ4n) is 2.91. The highest BCUT2D eigenvalue weighted by molar-refractivity contribution is 8.15. The number of hydrogen-bond acceptors (Lipinski definition) is 5. The molecule has 2 aromatic carbocycles. The van der Waals surface area contributed by atoms with Gasteiger partial charge in [-0.25, -0.2) is 0 Å². The minimum absolute atomic E-state index is 0.0446. The number of amides is 1. The summed E-state index contributed by atoms with van der Waals surface area (Å²) >= 11 is 1.40. The Morgan fingerprint density at radius 2 is 2.00 bits per heavy atom. The molecule has 1 atom stereocenters. The third-order valence-electron chi connectivity index (χ3n) is 4.32. The van der Waals surface area contributed by atoms with Gasteiger partial charge in [-0.05, 0) is 30.2 Å². The molecule has 1 aliphatic heterocycles. The van der Waals surface area contributed by atoms with Crippen LogP contribution in [0.1, 0.15) is 11.1 Å². The summed E-state index contributed by atoms with van der Waals surface area (Å²) in [6, 6.07) is 15.7. The SMILES string of the molecule is COc1ccc(C[C@H]2S/C(=N\N=C/c3c[nH]c4ccccc34)NC2=O)cc1. The van der Waals surface area contributed by atoms with Crippen molar-refractivity contribution in [3.05, 3.63) is 65.9 Å². The van der Waals surface area contributed by atoms with Crippen molar-refractivity contribution in [1.29, 1.82) is 0 Å². The van der Waals surface area contributed by atoms with Crippen LogP contribution >= 0.6 is 11.8 Å². The van der Waals surface area contributed by atoms with Crippen LogP contribution in [0.5, 0.6) is 5.75 Å². The molecule has 6 nitrogen and oxygen atoms in total. The molecule has 0 spiro atoms. The average molecular weight is 378 g/mol. The van der Waals surface area contributed by atoms with Crippen LogP contribution in [0.2, 0.25) is 0 Å². The summed E-state index contributed by atoms with van der Waals surface area (Å²) in [4.78, 5) is 15.4.